The molecule has 0 unspecified atom stereocenters. The van der Waals surface area contributed by atoms with Crippen LogP contribution in [0.5, 0.6) is 0 Å². The topological polar surface area (TPSA) is 72.8 Å². The van der Waals surface area contributed by atoms with E-state index in [9.17, 15) is 14.7 Å². The Labute approximate surface area is 219 Å². The van der Waals surface area contributed by atoms with Crippen LogP contribution in [-0.4, -0.2) is 28.9 Å². The second kappa shape index (κ2) is 10.2. The molecule has 0 bridgehead atoms. The van der Waals surface area contributed by atoms with Crippen molar-refractivity contribution in [3.05, 3.63) is 0 Å². The lowest BCUT2D eigenvalue weighted by Gasteiger charge is -2.63. The van der Waals surface area contributed by atoms with Gasteiger partial charge in [0.05, 0.1) is 6.10 Å². The summed E-state index contributed by atoms with van der Waals surface area (Å²) < 4.78 is 11.3. The lowest BCUT2D eigenvalue weighted by molar-refractivity contribution is -0.267. The molecule has 5 nitrogen and oxygen atoms in total. The summed E-state index contributed by atoms with van der Waals surface area (Å²) in [6.45, 7) is 14.9. The smallest absolute Gasteiger partial charge is 0.305 e. The highest BCUT2D eigenvalue weighted by Gasteiger charge is 2.64. The molecule has 4 fully saturated rings. The molecule has 0 spiro atoms. The van der Waals surface area contributed by atoms with Crippen molar-refractivity contribution in [2.24, 2.45) is 52.3 Å². The molecule has 0 aliphatic heterocycles. The van der Waals surface area contributed by atoms with Crippen LogP contribution in [-0.2, 0) is 19.1 Å². The number of hydrogen-bond donors (Lipinski definition) is 1. The van der Waals surface area contributed by atoms with Crippen molar-refractivity contribution in [1.29, 1.82) is 0 Å². The fourth-order valence-corrected chi connectivity index (χ4v) is 9.92. The summed E-state index contributed by atoms with van der Waals surface area (Å²) in [5.74, 6) is 1.89. The van der Waals surface area contributed by atoms with Gasteiger partial charge in [0, 0.05) is 26.7 Å². The number of aliphatic hydroxyl groups excluding tert-OH is 1. The predicted molar refractivity (Wildman–Crippen MR) is 141 cm³/mol. The number of ether oxygens (including phenoxy) is 2. The van der Waals surface area contributed by atoms with Gasteiger partial charge in [0.1, 0.15) is 0 Å². The Morgan fingerprint density at radius 2 is 1.53 bits per heavy atom. The average molecular weight is 505 g/mol. The van der Waals surface area contributed by atoms with Gasteiger partial charge in [-0.1, -0.05) is 53.9 Å². The summed E-state index contributed by atoms with van der Waals surface area (Å²) in [7, 11) is 0. The molecule has 0 radical (unpaired) electrons. The summed E-state index contributed by atoms with van der Waals surface area (Å²) in [6, 6.07) is 0. The second-order valence-electron chi connectivity index (χ2n) is 14.1. The molecule has 4 aliphatic rings. The van der Waals surface area contributed by atoms with Crippen molar-refractivity contribution in [3.8, 4) is 0 Å². The van der Waals surface area contributed by atoms with Crippen molar-refractivity contribution in [2.45, 2.75) is 131 Å². The zero-order valence-electron chi connectivity index (χ0n) is 24.0. The van der Waals surface area contributed by atoms with Gasteiger partial charge >= 0.3 is 11.9 Å². The molecule has 1 N–H and O–H groups in total. The zero-order chi connectivity index (χ0) is 26.5. The maximum atomic E-state index is 11.9. The summed E-state index contributed by atoms with van der Waals surface area (Å²) in [5, 5.41) is 11.7. The van der Waals surface area contributed by atoms with E-state index in [1.807, 2.05) is 0 Å². The minimum atomic E-state index is -1.18. The van der Waals surface area contributed by atoms with E-state index >= 15 is 0 Å². The third-order valence-corrected chi connectivity index (χ3v) is 11.5. The first kappa shape index (κ1) is 27.9. The van der Waals surface area contributed by atoms with Crippen LogP contribution in [0, 0.1) is 52.3 Å². The minimum absolute atomic E-state index is 0.0794. The molecule has 206 valence electrons. The average Bonchev–Trinajstić information content (AvgIpc) is 3.11. The highest BCUT2D eigenvalue weighted by Crippen LogP contribution is 2.69. The van der Waals surface area contributed by atoms with E-state index in [1.165, 1.54) is 58.8 Å². The fourth-order valence-electron chi connectivity index (χ4n) is 9.92. The number of esters is 2. The SMILES string of the molecule is CC(=O)OC1(OC(C)=O)CC[C@@]2(C)[C@@H](C[C@@H](O)[C@@H]3[C@@H]2CC[C@]2(C)[C@@H]([C@H](C)CCCC(C)C)CC[C@@H]32)C1. The molecule has 4 saturated carbocycles. The highest BCUT2D eigenvalue weighted by atomic mass is 16.7. The Bertz CT molecular complexity index is 806. The van der Waals surface area contributed by atoms with Crippen molar-refractivity contribution < 1.29 is 24.2 Å². The number of rotatable bonds is 7. The largest absolute Gasteiger partial charge is 0.423 e. The number of hydrogen-bond acceptors (Lipinski definition) is 5. The maximum Gasteiger partial charge on any atom is 0.305 e. The third-order valence-electron chi connectivity index (χ3n) is 11.5. The Morgan fingerprint density at radius 3 is 2.14 bits per heavy atom. The van der Waals surface area contributed by atoms with Crippen LogP contribution in [0.1, 0.15) is 119 Å². The van der Waals surface area contributed by atoms with Crippen LogP contribution in [0.3, 0.4) is 0 Å². The van der Waals surface area contributed by atoms with E-state index in [0.29, 0.717) is 42.4 Å². The summed E-state index contributed by atoms with van der Waals surface area (Å²) in [6.07, 6.45) is 11.3. The monoisotopic (exact) mass is 504 g/mol. The zero-order valence-corrected chi connectivity index (χ0v) is 24.0. The molecule has 0 aromatic carbocycles. The number of carbonyl (C=O) groups excluding carboxylic acids is 2. The van der Waals surface area contributed by atoms with Crippen molar-refractivity contribution in [2.75, 3.05) is 0 Å². The van der Waals surface area contributed by atoms with Gasteiger partial charge in [-0.05, 0) is 90.8 Å². The number of carbonyl (C=O) groups is 2. The van der Waals surface area contributed by atoms with E-state index in [4.69, 9.17) is 9.47 Å². The minimum Gasteiger partial charge on any atom is -0.423 e. The molecule has 0 saturated heterocycles. The normalized spacial score (nSPS) is 42.1. The van der Waals surface area contributed by atoms with Gasteiger partial charge < -0.3 is 14.6 Å². The van der Waals surface area contributed by atoms with Crippen LogP contribution in [0.4, 0.5) is 0 Å². The van der Waals surface area contributed by atoms with Crippen LogP contribution in [0.15, 0.2) is 0 Å². The number of fused-ring (bicyclic) bond motifs is 5. The molecule has 0 amide bonds. The molecular formula is C31H52O5. The van der Waals surface area contributed by atoms with Crippen LogP contribution in [0.25, 0.3) is 0 Å². The first-order chi connectivity index (χ1) is 16.8. The first-order valence-corrected chi connectivity index (χ1v) is 14.9. The lowest BCUT2D eigenvalue weighted by Crippen LogP contribution is -2.61. The quantitative estimate of drug-likeness (QED) is 0.301. The molecule has 36 heavy (non-hydrogen) atoms. The van der Waals surface area contributed by atoms with E-state index in [0.717, 1.165) is 24.2 Å². The van der Waals surface area contributed by atoms with Crippen molar-refractivity contribution >= 4 is 11.9 Å². The molecular weight excluding hydrogens is 452 g/mol. The van der Waals surface area contributed by atoms with Crippen LogP contribution >= 0.6 is 0 Å². The van der Waals surface area contributed by atoms with Gasteiger partial charge in [-0.15, -0.1) is 0 Å². The fraction of sp³-hybridized carbons (Fsp3) is 0.935. The Hall–Kier alpha value is -1.10. The second-order valence-corrected chi connectivity index (χ2v) is 14.1. The Balaban J connectivity index is 1.52. The molecule has 9 atom stereocenters. The Morgan fingerprint density at radius 1 is 0.889 bits per heavy atom. The van der Waals surface area contributed by atoms with Crippen molar-refractivity contribution in [1.82, 2.24) is 0 Å². The van der Waals surface area contributed by atoms with E-state index < -0.39 is 17.7 Å². The molecule has 4 rings (SSSR count). The van der Waals surface area contributed by atoms with E-state index in [2.05, 4.69) is 34.6 Å². The van der Waals surface area contributed by atoms with Crippen molar-refractivity contribution in [3.63, 3.8) is 0 Å². The predicted octanol–water partition coefficient (Wildman–Crippen LogP) is 6.90. The summed E-state index contributed by atoms with van der Waals surface area (Å²) in [4.78, 5) is 23.8. The standard InChI is InChI=1S/C31H52O5/c1-19(2)9-8-10-20(3)24-11-12-25-28-26(13-14-30(24,25)7)29(6)15-16-31(35-21(4)32,36-22(5)33)18-23(29)17-27(28)34/h19-20,23-28,34H,8-18H2,1-7H3/t20-,23+,24-,25+,26+,27-,28+,29+,30-/m1/s1. The molecule has 4 aliphatic carbocycles. The van der Waals surface area contributed by atoms with Gasteiger partial charge in [-0.3, -0.25) is 9.59 Å². The van der Waals surface area contributed by atoms with Crippen LogP contribution < -0.4 is 0 Å². The lowest BCUT2D eigenvalue weighted by atomic mass is 9.43. The number of aliphatic hydroxyl groups is 1. The maximum absolute atomic E-state index is 11.9. The first-order valence-electron chi connectivity index (χ1n) is 14.9. The highest BCUT2D eigenvalue weighted by molar-refractivity contribution is 5.69. The molecule has 5 heteroatoms. The van der Waals surface area contributed by atoms with Crippen LogP contribution in [0.2, 0.25) is 0 Å². The summed E-state index contributed by atoms with van der Waals surface area (Å²) in [5.41, 5.74) is 0.409. The van der Waals surface area contributed by atoms with Gasteiger partial charge in [0.15, 0.2) is 0 Å². The third kappa shape index (κ3) is 4.99. The van der Waals surface area contributed by atoms with Gasteiger partial charge in [-0.2, -0.15) is 0 Å². The summed E-state index contributed by atoms with van der Waals surface area (Å²) >= 11 is 0. The van der Waals surface area contributed by atoms with Gasteiger partial charge in [0.25, 0.3) is 5.79 Å². The van der Waals surface area contributed by atoms with Gasteiger partial charge in [0.2, 0.25) is 0 Å². The van der Waals surface area contributed by atoms with E-state index in [-0.39, 0.29) is 17.4 Å². The van der Waals surface area contributed by atoms with E-state index in [1.54, 1.807) is 0 Å². The Kier molecular flexibility index (Phi) is 7.93. The molecule has 0 aromatic rings. The molecule has 0 heterocycles. The molecule has 0 aromatic heterocycles. The van der Waals surface area contributed by atoms with Gasteiger partial charge in [-0.25, -0.2) is 0 Å².